The molecule has 1 fully saturated rings. The van der Waals surface area contributed by atoms with E-state index in [-0.39, 0.29) is 0 Å². The van der Waals surface area contributed by atoms with E-state index in [2.05, 4.69) is 23.9 Å². The minimum Gasteiger partial charge on any atom is -0.329 e. The summed E-state index contributed by atoms with van der Waals surface area (Å²) in [5.74, 6) is 0. The summed E-state index contributed by atoms with van der Waals surface area (Å²) >= 11 is 0. The van der Waals surface area contributed by atoms with Gasteiger partial charge in [-0.3, -0.25) is 4.90 Å². The maximum atomic E-state index is 5.41. The van der Waals surface area contributed by atoms with Crippen molar-refractivity contribution in [3.8, 4) is 0 Å². The van der Waals surface area contributed by atoms with E-state index in [1.54, 1.807) is 0 Å². The topological polar surface area (TPSA) is 32.5 Å². The Morgan fingerprint density at radius 3 is 2.50 bits per heavy atom. The van der Waals surface area contributed by atoms with Gasteiger partial charge in [-0.2, -0.15) is 0 Å². The molecule has 0 bridgehead atoms. The molecule has 1 aliphatic heterocycles. The summed E-state index contributed by atoms with van der Waals surface area (Å²) in [5.41, 5.74) is 5.41. The van der Waals surface area contributed by atoms with Crippen molar-refractivity contribution in [2.24, 2.45) is 5.73 Å². The van der Waals surface area contributed by atoms with E-state index in [4.69, 9.17) is 5.73 Å². The van der Waals surface area contributed by atoms with E-state index in [1.165, 1.54) is 13.1 Å². The zero-order chi connectivity index (χ0) is 7.56. The largest absolute Gasteiger partial charge is 0.329 e. The molecule has 0 aromatic carbocycles. The first-order valence-electron chi connectivity index (χ1n) is 3.83. The Bertz CT molecular complexity index is 97.0. The lowest BCUT2D eigenvalue weighted by molar-refractivity contribution is 0.0667. The average molecular weight is 143 g/mol. The van der Waals surface area contributed by atoms with Gasteiger partial charge in [-0.25, -0.2) is 0 Å². The predicted molar refractivity (Wildman–Crippen MR) is 43.0 cm³/mol. The van der Waals surface area contributed by atoms with Gasteiger partial charge in [0.25, 0.3) is 0 Å². The van der Waals surface area contributed by atoms with Crippen LogP contribution in [0, 0.1) is 0 Å². The van der Waals surface area contributed by atoms with E-state index < -0.39 is 0 Å². The summed E-state index contributed by atoms with van der Waals surface area (Å²) in [4.78, 5) is 4.65. The molecule has 0 amide bonds. The molecular weight excluding hydrogens is 126 g/mol. The standard InChI is InChI=1S/C7H17N3/c1-9(2)7-5-10(6-7)4-3-8/h7H,3-6,8H2,1-2H3. The van der Waals surface area contributed by atoms with Gasteiger partial charge in [-0.05, 0) is 14.1 Å². The highest BCUT2D eigenvalue weighted by Crippen LogP contribution is 2.10. The molecule has 1 rings (SSSR count). The van der Waals surface area contributed by atoms with E-state index >= 15 is 0 Å². The van der Waals surface area contributed by atoms with Crippen LogP contribution in [-0.2, 0) is 0 Å². The molecule has 3 nitrogen and oxygen atoms in total. The van der Waals surface area contributed by atoms with Crippen LogP contribution in [-0.4, -0.2) is 56.1 Å². The van der Waals surface area contributed by atoms with Gasteiger partial charge in [-0.1, -0.05) is 0 Å². The Kier molecular flexibility index (Phi) is 2.65. The van der Waals surface area contributed by atoms with Crippen LogP contribution in [0.2, 0.25) is 0 Å². The summed E-state index contributed by atoms with van der Waals surface area (Å²) in [7, 11) is 4.26. The number of rotatable bonds is 3. The number of nitrogens with zero attached hydrogens (tertiary/aromatic N) is 2. The fourth-order valence-electron chi connectivity index (χ4n) is 1.23. The zero-order valence-corrected chi connectivity index (χ0v) is 6.88. The third kappa shape index (κ3) is 1.68. The fourth-order valence-corrected chi connectivity index (χ4v) is 1.23. The summed E-state index contributed by atoms with van der Waals surface area (Å²) in [6, 6.07) is 0.770. The maximum Gasteiger partial charge on any atom is 0.0344 e. The van der Waals surface area contributed by atoms with E-state index in [0.717, 1.165) is 19.1 Å². The Morgan fingerprint density at radius 1 is 1.50 bits per heavy atom. The first-order valence-corrected chi connectivity index (χ1v) is 3.83. The molecule has 2 N–H and O–H groups in total. The second-order valence-corrected chi connectivity index (χ2v) is 3.17. The molecule has 10 heavy (non-hydrogen) atoms. The van der Waals surface area contributed by atoms with E-state index in [1.807, 2.05) is 0 Å². The average Bonchev–Trinajstić information content (AvgIpc) is 1.76. The Hall–Kier alpha value is -0.120. The number of nitrogens with two attached hydrogens (primary N) is 1. The van der Waals surface area contributed by atoms with Crippen LogP contribution in [0.1, 0.15) is 0 Å². The highest BCUT2D eigenvalue weighted by atomic mass is 15.3. The lowest BCUT2D eigenvalue weighted by atomic mass is 10.1. The van der Waals surface area contributed by atoms with Crippen LogP contribution in [0.15, 0.2) is 0 Å². The first-order chi connectivity index (χ1) is 4.74. The maximum absolute atomic E-state index is 5.41. The van der Waals surface area contributed by atoms with Crippen molar-refractivity contribution in [2.45, 2.75) is 6.04 Å². The van der Waals surface area contributed by atoms with Crippen molar-refractivity contribution < 1.29 is 0 Å². The van der Waals surface area contributed by atoms with Crippen LogP contribution in [0.25, 0.3) is 0 Å². The van der Waals surface area contributed by atoms with Gasteiger partial charge in [0.1, 0.15) is 0 Å². The van der Waals surface area contributed by atoms with Crippen molar-refractivity contribution in [1.82, 2.24) is 9.80 Å². The minimum atomic E-state index is 0.770. The molecule has 0 aromatic rings. The van der Waals surface area contributed by atoms with Gasteiger partial charge in [-0.15, -0.1) is 0 Å². The van der Waals surface area contributed by atoms with Crippen LogP contribution in [0.5, 0.6) is 0 Å². The Labute approximate surface area is 62.8 Å². The molecule has 0 aliphatic carbocycles. The summed E-state index contributed by atoms with van der Waals surface area (Å²) < 4.78 is 0. The molecule has 0 atom stereocenters. The van der Waals surface area contributed by atoms with Crippen molar-refractivity contribution in [3.05, 3.63) is 0 Å². The number of likely N-dealkylation sites (N-methyl/N-ethyl adjacent to an activating group) is 1. The molecular formula is C7H17N3. The van der Waals surface area contributed by atoms with Gasteiger partial charge in [0.2, 0.25) is 0 Å². The van der Waals surface area contributed by atoms with Gasteiger partial charge < -0.3 is 10.6 Å². The van der Waals surface area contributed by atoms with Gasteiger partial charge in [0.05, 0.1) is 0 Å². The van der Waals surface area contributed by atoms with Crippen LogP contribution in [0.4, 0.5) is 0 Å². The molecule has 0 saturated carbocycles. The fraction of sp³-hybridized carbons (Fsp3) is 1.00. The molecule has 1 heterocycles. The predicted octanol–water partition coefficient (Wildman–Crippen LogP) is -0.809. The smallest absolute Gasteiger partial charge is 0.0344 e. The molecule has 60 valence electrons. The van der Waals surface area contributed by atoms with E-state index in [0.29, 0.717) is 0 Å². The van der Waals surface area contributed by atoms with Crippen molar-refractivity contribution in [3.63, 3.8) is 0 Å². The SMILES string of the molecule is CN(C)C1CN(CCN)C1. The lowest BCUT2D eigenvalue weighted by Gasteiger charge is -2.42. The molecule has 0 aromatic heterocycles. The number of hydrogen-bond acceptors (Lipinski definition) is 3. The minimum absolute atomic E-state index is 0.770. The normalized spacial score (nSPS) is 21.6. The van der Waals surface area contributed by atoms with Crippen molar-refractivity contribution in [1.29, 1.82) is 0 Å². The van der Waals surface area contributed by atoms with Crippen LogP contribution >= 0.6 is 0 Å². The zero-order valence-electron chi connectivity index (χ0n) is 6.88. The van der Waals surface area contributed by atoms with E-state index in [9.17, 15) is 0 Å². The Balaban J connectivity index is 2.06. The third-order valence-electron chi connectivity index (χ3n) is 2.11. The van der Waals surface area contributed by atoms with Crippen molar-refractivity contribution >= 4 is 0 Å². The number of likely N-dealkylation sites (tertiary alicyclic amines) is 1. The Morgan fingerprint density at radius 2 is 2.10 bits per heavy atom. The van der Waals surface area contributed by atoms with Gasteiger partial charge in [0, 0.05) is 32.2 Å². The second kappa shape index (κ2) is 3.32. The molecule has 1 aliphatic rings. The summed E-state index contributed by atoms with van der Waals surface area (Å²) in [5, 5.41) is 0. The lowest BCUT2D eigenvalue weighted by Crippen LogP contribution is -2.58. The quantitative estimate of drug-likeness (QED) is 0.561. The van der Waals surface area contributed by atoms with Gasteiger partial charge >= 0.3 is 0 Å². The molecule has 1 saturated heterocycles. The van der Waals surface area contributed by atoms with Gasteiger partial charge in [0.15, 0.2) is 0 Å². The highest BCUT2D eigenvalue weighted by Gasteiger charge is 2.26. The molecule has 3 heteroatoms. The number of hydrogen-bond donors (Lipinski definition) is 1. The van der Waals surface area contributed by atoms with Crippen LogP contribution < -0.4 is 5.73 Å². The van der Waals surface area contributed by atoms with Crippen molar-refractivity contribution in [2.75, 3.05) is 40.3 Å². The third-order valence-corrected chi connectivity index (χ3v) is 2.11. The van der Waals surface area contributed by atoms with Crippen LogP contribution in [0.3, 0.4) is 0 Å². The first kappa shape index (κ1) is 7.98. The monoisotopic (exact) mass is 143 g/mol. The second-order valence-electron chi connectivity index (χ2n) is 3.17. The summed E-state index contributed by atoms with van der Waals surface area (Å²) in [6.07, 6.45) is 0. The summed E-state index contributed by atoms with van der Waals surface area (Å²) in [6.45, 7) is 4.25. The molecule has 0 radical (unpaired) electrons. The highest BCUT2D eigenvalue weighted by molar-refractivity contribution is 4.85. The molecule has 0 unspecified atom stereocenters. The molecule has 0 spiro atoms.